The van der Waals surface area contributed by atoms with Crippen LogP contribution in [0, 0.1) is 5.82 Å². The Hall–Kier alpha value is -2.68. The Bertz CT molecular complexity index is 1050. The molecule has 3 aromatic rings. The summed E-state index contributed by atoms with van der Waals surface area (Å²) in [4.78, 5) is 8.67. The van der Waals surface area contributed by atoms with Crippen LogP contribution in [0.3, 0.4) is 0 Å². The molecule has 0 aliphatic carbocycles. The highest BCUT2D eigenvalue weighted by molar-refractivity contribution is 6.31. The zero-order valence-electron chi connectivity index (χ0n) is 17.2. The molecule has 1 aromatic heterocycles. The first-order chi connectivity index (χ1) is 15.2. The van der Waals surface area contributed by atoms with Gasteiger partial charge < -0.3 is 24.8 Å². The summed E-state index contributed by atoms with van der Waals surface area (Å²) in [5.41, 5.74) is 0.882. The highest BCUT2D eigenvalue weighted by atomic mass is 35.5. The van der Waals surface area contributed by atoms with Gasteiger partial charge in [-0.2, -0.15) is 0 Å². The summed E-state index contributed by atoms with van der Waals surface area (Å²) >= 11 is 5.91. The second-order valence-corrected chi connectivity index (χ2v) is 7.58. The van der Waals surface area contributed by atoms with Gasteiger partial charge in [0.15, 0.2) is 17.3 Å². The molecule has 164 valence electrons. The Morgan fingerprint density at radius 1 is 1.16 bits per heavy atom. The zero-order valence-corrected chi connectivity index (χ0v) is 17.9. The number of aromatic nitrogens is 2. The van der Waals surface area contributed by atoms with E-state index in [1.165, 1.54) is 12.4 Å². The molecular formula is C22H24ClFN4O3. The molecule has 31 heavy (non-hydrogen) atoms. The van der Waals surface area contributed by atoms with Crippen molar-refractivity contribution in [3.05, 3.63) is 47.5 Å². The number of hydrogen-bond donors (Lipinski definition) is 2. The van der Waals surface area contributed by atoms with Gasteiger partial charge in [0.2, 0.25) is 0 Å². The van der Waals surface area contributed by atoms with E-state index in [4.69, 9.17) is 25.8 Å². The van der Waals surface area contributed by atoms with Crippen molar-refractivity contribution in [2.24, 2.45) is 0 Å². The van der Waals surface area contributed by atoms with E-state index in [-0.39, 0.29) is 16.8 Å². The van der Waals surface area contributed by atoms with Crippen LogP contribution >= 0.6 is 11.6 Å². The molecule has 0 spiro atoms. The molecule has 0 unspecified atom stereocenters. The van der Waals surface area contributed by atoms with Crippen LogP contribution < -0.4 is 20.1 Å². The van der Waals surface area contributed by atoms with E-state index in [1.807, 2.05) is 12.1 Å². The molecule has 2 heterocycles. The fourth-order valence-electron chi connectivity index (χ4n) is 3.42. The predicted octanol–water partition coefficient (Wildman–Crippen LogP) is 4.32. The lowest BCUT2D eigenvalue weighted by Crippen LogP contribution is -2.34. The number of rotatable bonds is 8. The molecule has 0 atom stereocenters. The van der Waals surface area contributed by atoms with Crippen LogP contribution in [0.2, 0.25) is 5.02 Å². The second kappa shape index (κ2) is 10.1. The van der Waals surface area contributed by atoms with Gasteiger partial charge in [0.05, 0.1) is 22.8 Å². The number of piperidine rings is 1. The van der Waals surface area contributed by atoms with Gasteiger partial charge in [0.1, 0.15) is 24.9 Å². The lowest BCUT2D eigenvalue weighted by atomic mass is 10.1. The molecule has 1 fully saturated rings. The van der Waals surface area contributed by atoms with Crippen molar-refractivity contribution < 1.29 is 18.6 Å². The Morgan fingerprint density at radius 3 is 2.81 bits per heavy atom. The van der Waals surface area contributed by atoms with Crippen LogP contribution in [-0.4, -0.2) is 49.5 Å². The van der Waals surface area contributed by atoms with Crippen molar-refractivity contribution in [2.45, 2.75) is 18.9 Å². The van der Waals surface area contributed by atoms with Crippen LogP contribution in [0.25, 0.3) is 10.9 Å². The molecule has 1 aliphatic heterocycles. The average molecular weight is 447 g/mol. The Morgan fingerprint density at radius 2 is 2.00 bits per heavy atom. The molecule has 0 radical (unpaired) electrons. The van der Waals surface area contributed by atoms with Gasteiger partial charge in [0.25, 0.3) is 0 Å². The van der Waals surface area contributed by atoms with Crippen molar-refractivity contribution in [2.75, 3.05) is 38.7 Å². The van der Waals surface area contributed by atoms with Crippen LogP contribution in [0.1, 0.15) is 12.8 Å². The van der Waals surface area contributed by atoms with Gasteiger partial charge in [-0.15, -0.1) is 0 Å². The number of hydrogen-bond acceptors (Lipinski definition) is 7. The van der Waals surface area contributed by atoms with Gasteiger partial charge >= 0.3 is 0 Å². The lowest BCUT2D eigenvalue weighted by molar-refractivity contribution is 0.132. The molecular weight excluding hydrogens is 423 g/mol. The minimum atomic E-state index is -0.543. The molecule has 9 heteroatoms. The average Bonchev–Trinajstić information content (AvgIpc) is 2.78. The van der Waals surface area contributed by atoms with Gasteiger partial charge in [0, 0.05) is 18.6 Å². The number of methoxy groups -OCH3 is 1. The van der Waals surface area contributed by atoms with E-state index in [1.54, 1.807) is 19.2 Å². The number of halogens is 2. The molecule has 7 nitrogen and oxygen atoms in total. The quantitative estimate of drug-likeness (QED) is 0.499. The first kappa shape index (κ1) is 21.5. The Balaban J connectivity index is 1.69. The summed E-state index contributed by atoms with van der Waals surface area (Å²) in [5.74, 6) is 1.08. The van der Waals surface area contributed by atoms with Gasteiger partial charge in [-0.05, 0) is 44.1 Å². The van der Waals surface area contributed by atoms with Crippen molar-refractivity contribution in [1.82, 2.24) is 15.3 Å². The molecule has 0 amide bonds. The molecule has 1 aliphatic rings. The van der Waals surface area contributed by atoms with Crippen LogP contribution in [-0.2, 0) is 4.74 Å². The monoisotopic (exact) mass is 446 g/mol. The summed E-state index contributed by atoms with van der Waals surface area (Å²) in [7, 11) is 1.62. The smallest absolute Gasteiger partial charge is 0.165 e. The van der Waals surface area contributed by atoms with E-state index >= 15 is 0 Å². The summed E-state index contributed by atoms with van der Waals surface area (Å²) in [6.07, 6.45) is 3.36. The van der Waals surface area contributed by atoms with Crippen molar-refractivity contribution in [3.8, 4) is 11.5 Å². The summed E-state index contributed by atoms with van der Waals surface area (Å²) in [6, 6.07) is 8.40. The summed E-state index contributed by atoms with van der Waals surface area (Å²) in [5, 5.41) is 7.05. The fourth-order valence-corrected chi connectivity index (χ4v) is 3.60. The standard InChI is InChI=1S/C22H24ClFN4O3/c1-29-9-10-30-19-11-15-18(12-20(19)31-14-5-7-25-8-6-14)26-13-27-22(15)28-17-4-2-3-16(23)21(17)24/h2-4,11-14,25H,5-10H2,1H3,(H,26,27,28). The van der Waals surface area contributed by atoms with Crippen LogP contribution in [0.4, 0.5) is 15.9 Å². The molecule has 4 rings (SSSR count). The third kappa shape index (κ3) is 5.15. The number of ether oxygens (including phenoxy) is 3. The van der Waals surface area contributed by atoms with Crippen molar-refractivity contribution >= 4 is 34.0 Å². The summed E-state index contributed by atoms with van der Waals surface area (Å²) < 4.78 is 31.7. The number of benzene rings is 2. The lowest BCUT2D eigenvalue weighted by Gasteiger charge is -2.25. The normalized spacial score (nSPS) is 14.5. The highest BCUT2D eigenvalue weighted by Gasteiger charge is 2.19. The van der Waals surface area contributed by atoms with Gasteiger partial charge in [-0.25, -0.2) is 14.4 Å². The largest absolute Gasteiger partial charge is 0.487 e. The number of anilines is 2. The molecule has 0 saturated carbocycles. The molecule has 1 saturated heterocycles. The van der Waals surface area contributed by atoms with E-state index < -0.39 is 5.82 Å². The third-order valence-electron chi connectivity index (χ3n) is 5.03. The Kier molecular flexibility index (Phi) is 7.01. The predicted molar refractivity (Wildman–Crippen MR) is 118 cm³/mol. The number of nitrogens with zero attached hydrogens (tertiary/aromatic N) is 2. The molecule has 2 aromatic carbocycles. The van der Waals surface area contributed by atoms with Crippen molar-refractivity contribution in [3.63, 3.8) is 0 Å². The van der Waals surface area contributed by atoms with Crippen LogP contribution in [0.5, 0.6) is 11.5 Å². The van der Waals surface area contributed by atoms with Crippen molar-refractivity contribution in [1.29, 1.82) is 0 Å². The SMILES string of the molecule is COCCOc1cc2c(Nc3cccc(Cl)c3F)ncnc2cc1OC1CCNCC1. The topological polar surface area (TPSA) is 77.5 Å². The van der Waals surface area contributed by atoms with Gasteiger partial charge in [-0.3, -0.25) is 0 Å². The zero-order chi connectivity index (χ0) is 21.6. The first-order valence-electron chi connectivity index (χ1n) is 10.1. The fraction of sp³-hybridized carbons (Fsp3) is 0.364. The Labute approximate surface area is 184 Å². The summed E-state index contributed by atoms with van der Waals surface area (Å²) in [6.45, 7) is 2.64. The number of nitrogens with one attached hydrogen (secondary N) is 2. The second-order valence-electron chi connectivity index (χ2n) is 7.17. The van der Waals surface area contributed by atoms with E-state index in [2.05, 4.69) is 20.6 Å². The van der Waals surface area contributed by atoms with Crippen LogP contribution in [0.15, 0.2) is 36.7 Å². The molecule has 0 bridgehead atoms. The highest BCUT2D eigenvalue weighted by Crippen LogP contribution is 2.36. The third-order valence-corrected chi connectivity index (χ3v) is 5.32. The molecule has 2 N–H and O–H groups in total. The van der Waals surface area contributed by atoms with Gasteiger partial charge in [-0.1, -0.05) is 17.7 Å². The van der Waals surface area contributed by atoms with E-state index in [9.17, 15) is 4.39 Å². The van der Waals surface area contributed by atoms with E-state index in [0.717, 1.165) is 25.9 Å². The maximum atomic E-state index is 14.4. The minimum absolute atomic E-state index is 0.0320. The van der Waals surface area contributed by atoms with E-state index in [0.29, 0.717) is 41.4 Å². The first-order valence-corrected chi connectivity index (χ1v) is 10.5. The number of fused-ring (bicyclic) bond motifs is 1. The maximum absolute atomic E-state index is 14.4. The maximum Gasteiger partial charge on any atom is 0.165 e. The minimum Gasteiger partial charge on any atom is -0.487 e.